The summed E-state index contributed by atoms with van der Waals surface area (Å²) >= 11 is 0. The first-order chi connectivity index (χ1) is 19.0. The van der Waals surface area contributed by atoms with Gasteiger partial charge in [-0.3, -0.25) is 29.4 Å². The molecule has 12 nitrogen and oxygen atoms in total. The number of ether oxygens (including phenoxy) is 2. The van der Waals surface area contributed by atoms with E-state index in [2.05, 4.69) is 20.9 Å². The van der Waals surface area contributed by atoms with Gasteiger partial charge in [-0.15, -0.1) is 0 Å². The average molecular weight is 558 g/mol. The summed E-state index contributed by atoms with van der Waals surface area (Å²) in [6.45, 7) is 9.86. The molecule has 5 amide bonds. The van der Waals surface area contributed by atoms with Gasteiger partial charge in [-0.1, -0.05) is 6.07 Å². The molecule has 3 heterocycles. The zero-order chi connectivity index (χ0) is 28.9. The lowest BCUT2D eigenvalue weighted by molar-refractivity contribution is -0.136. The Morgan fingerprint density at radius 2 is 1.85 bits per heavy atom. The number of hydrogen-bond acceptors (Lipinski definition) is 9. The van der Waals surface area contributed by atoms with Gasteiger partial charge in [0.2, 0.25) is 11.8 Å². The van der Waals surface area contributed by atoms with Crippen LogP contribution < -0.4 is 16.0 Å². The zero-order valence-corrected chi connectivity index (χ0v) is 23.4. The monoisotopic (exact) mass is 557 g/mol. The molecule has 1 aromatic rings. The Kier molecular flexibility index (Phi) is 9.41. The van der Waals surface area contributed by atoms with Crippen LogP contribution in [0.1, 0.15) is 73.6 Å². The van der Waals surface area contributed by atoms with Crippen LogP contribution in [0, 0.1) is 0 Å². The Bertz CT molecular complexity index is 1150. The Labute approximate surface area is 234 Å². The highest BCUT2D eigenvalue weighted by Gasteiger charge is 2.45. The summed E-state index contributed by atoms with van der Waals surface area (Å²) in [4.78, 5) is 65.1. The van der Waals surface area contributed by atoms with Crippen LogP contribution in [0.4, 0.5) is 10.5 Å². The summed E-state index contributed by atoms with van der Waals surface area (Å²) in [5, 5.41) is 8.36. The van der Waals surface area contributed by atoms with Crippen LogP contribution in [0.25, 0.3) is 0 Å². The van der Waals surface area contributed by atoms with E-state index in [-0.39, 0.29) is 36.1 Å². The van der Waals surface area contributed by atoms with Crippen LogP contribution in [0.15, 0.2) is 18.2 Å². The number of benzene rings is 1. The molecule has 2 unspecified atom stereocenters. The minimum absolute atomic E-state index is 0.0821. The fraction of sp³-hybridized carbons (Fsp3) is 0.607. The highest BCUT2D eigenvalue weighted by atomic mass is 16.6. The molecule has 12 heteroatoms. The van der Waals surface area contributed by atoms with Crippen molar-refractivity contribution in [2.75, 3.05) is 44.7 Å². The first-order valence-electron chi connectivity index (χ1n) is 13.9. The summed E-state index contributed by atoms with van der Waals surface area (Å²) in [6, 6.07) is 4.12. The maximum absolute atomic E-state index is 13.1. The number of anilines is 1. The van der Waals surface area contributed by atoms with Crippen LogP contribution >= 0.6 is 0 Å². The molecule has 2 fully saturated rings. The van der Waals surface area contributed by atoms with Gasteiger partial charge in [0, 0.05) is 57.5 Å². The molecule has 2 saturated heterocycles. The number of hydrogen-bond donors (Lipinski definition) is 3. The van der Waals surface area contributed by atoms with Gasteiger partial charge < -0.3 is 25.0 Å². The number of rotatable bonds is 11. The van der Waals surface area contributed by atoms with Crippen LogP contribution in [0.3, 0.4) is 0 Å². The lowest BCUT2D eigenvalue weighted by Crippen LogP contribution is -2.54. The predicted molar refractivity (Wildman–Crippen MR) is 146 cm³/mol. The number of nitrogens with one attached hydrogen (secondary N) is 3. The van der Waals surface area contributed by atoms with E-state index in [1.165, 1.54) is 0 Å². The Morgan fingerprint density at radius 1 is 1.07 bits per heavy atom. The minimum Gasteiger partial charge on any atom is -0.444 e. The van der Waals surface area contributed by atoms with Crippen LogP contribution in [-0.2, 0) is 19.1 Å². The van der Waals surface area contributed by atoms with E-state index in [0.29, 0.717) is 31.9 Å². The van der Waals surface area contributed by atoms with Crippen LogP contribution in [0.5, 0.6) is 0 Å². The van der Waals surface area contributed by atoms with Gasteiger partial charge in [0.15, 0.2) is 0 Å². The molecule has 0 aliphatic carbocycles. The molecule has 0 aromatic heterocycles. The Hall–Kier alpha value is -3.51. The first-order valence-corrected chi connectivity index (χ1v) is 13.9. The fourth-order valence-electron chi connectivity index (χ4n) is 5.18. The molecular weight excluding hydrogens is 518 g/mol. The number of carbonyl (C=O) groups excluding carboxylic acids is 5. The molecule has 0 spiro atoms. The first kappa shape index (κ1) is 29.5. The molecule has 218 valence electrons. The Balaban J connectivity index is 1.13. The summed E-state index contributed by atoms with van der Waals surface area (Å²) in [5.41, 5.74) is 0.532. The fourth-order valence-corrected chi connectivity index (χ4v) is 5.18. The maximum atomic E-state index is 13.1. The summed E-state index contributed by atoms with van der Waals surface area (Å²) < 4.78 is 11.1. The van der Waals surface area contributed by atoms with Gasteiger partial charge >= 0.3 is 6.09 Å². The van der Waals surface area contributed by atoms with Gasteiger partial charge in [0.1, 0.15) is 11.6 Å². The number of amides is 5. The van der Waals surface area contributed by atoms with E-state index < -0.39 is 35.3 Å². The number of imide groups is 2. The number of carbonyl (C=O) groups is 5. The van der Waals surface area contributed by atoms with Crippen molar-refractivity contribution in [1.29, 1.82) is 0 Å². The SMILES string of the molecule is CC(C)(C)OC(=O)NC1CCN(CCCOCCCNc2cccc3c2C(=O)N(C2CCC(=O)NC2=O)C3=O)C1. The van der Waals surface area contributed by atoms with Gasteiger partial charge in [-0.2, -0.15) is 0 Å². The molecule has 3 aliphatic rings. The van der Waals surface area contributed by atoms with Crippen molar-refractivity contribution < 1.29 is 33.4 Å². The third kappa shape index (κ3) is 7.36. The molecule has 0 saturated carbocycles. The lowest BCUT2D eigenvalue weighted by atomic mass is 10.0. The van der Waals surface area contributed by atoms with Crippen molar-refractivity contribution >= 4 is 35.4 Å². The average Bonchev–Trinajstić information content (AvgIpc) is 3.42. The number of likely N-dealkylation sites (tertiary alicyclic amines) is 1. The smallest absolute Gasteiger partial charge is 0.407 e. The number of fused-ring (bicyclic) bond motifs is 1. The highest BCUT2D eigenvalue weighted by Crippen LogP contribution is 2.32. The standard InChI is InChI=1S/C28H39N5O7/c1-28(2,3)40-27(38)30-18-11-14-32(17-18)13-6-16-39-15-5-12-29-20-8-4-7-19-23(20)26(37)33(25(19)36)21-9-10-22(34)31-24(21)35/h4,7-8,18,21,29H,5-6,9-17H2,1-3H3,(H,30,38)(H,31,34,35). The second kappa shape index (κ2) is 12.8. The van der Waals surface area contributed by atoms with Gasteiger partial charge in [-0.05, 0) is 58.6 Å². The molecule has 4 rings (SSSR count). The van der Waals surface area contributed by atoms with E-state index in [0.717, 1.165) is 37.4 Å². The zero-order valence-electron chi connectivity index (χ0n) is 23.4. The molecule has 1 aromatic carbocycles. The van der Waals surface area contributed by atoms with Crippen LogP contribution in [-0.4, -0.2) is 96.6 Å². The topological polar surface area (TPSA) is 146 Å². The molecule has 0 radical (unpaired) electrons. The largest absolute Gasteiger partial charge is 0.444 e. The van der Waals surface area contributed by atoms with Crippen LogP contribution in [0.2, 0.25) is 0 Å². The predicted octanol–water partition coefficient (Wildman–Crippen LogP) is 1.90. The molecule has 0 bridgehead atoms. The molecule has 2 atom stereocenters. The van der Waals surface area contributed by atoms with Gasteiger partial charge in [0.05, 0.1) is 11.1 Å². The van der Waals surface area contributed by atoms with E-state index in [1.54, 1.807) is 18.2 Å². The lowest BCUT2D eigenvalue weighted by Gasteiger charge is -2.27. The quantitative estimate of drug-likeness (QED) is 0.274. The van der Waals surface area contributed by atoms with E-state index in [1.807, 2.05) is 20.8 Å². The van der Waals surface area contributed by atoms with E-state index in [4.69, 9.17) is 9.47 Å². The van der Waals surface area contributed by atoms with Crippen molar-refractivity contribution in [3.8, 4) is 0 Å². The number of piperidine rings is 1. The molecule has 3 N–H and O–H groups in total. The van der Waals surface area contributed by atoms with Crippen molar-refractivity contribution in [2.45, 2.75) is 70.6 Å². The summed E-state index contributed by atoms with van der Waals surface area (Å²) in [7, 11) is 0. The summed E-state index contributed by atoms with van der Waals surface area (Å²) in [6.07, 6.45) is 2.31. The third-order valence-electron chi connectivity index (χ3n) is 7.01. The van der Waals surface area contributed by atoms with E-state index in [9.17, 15) is 24.0 Å². The molecule has 3 aliphatic heterocycles. The van der Waals surface area contributed by atoms with Gasteiger partial charge in [0.25, 0.3) is 11.8 Å². The Morgan fingerprint density at radius 3 is 2.60 bits per heavy atom. The second-order valence-corrected chi connectivity index (χ2v) is 11.4. The van der Waals surface area contributed by atoms with Gasteiger partial charge in [-0.25, -0.2) is 4.79 Å². The molecule has 40 heavy (non-hydrogen) atoms. The normalized spacial score (nSPS) is 21.4. The maximum Gasteiger partial charge on any atom is 0.407 e. The molecular formula is C28H39N5O7. The second-order valence-electron chi connectivity index (χ2n) is 11.4. The van der Waals surface area contributed by atoms with Crippen molar-refractivity contribution in [3.05, 3.63) is 29.3 Å². The summed E-state index contributed by atoms with van der Waals surface area (Å²) in [5.74, 6) is -2.08. The number of alkyl carbamates (subject to hydrolysis) is 1. The number of nitrogens with zero attached hydrogens (tertiary/aromatic N) is 2. The third-order valence-corrected chi connectivity index (χ3v) is 7.01. The van der Waals surface area contributed by atoms with Crippen molar-refractivity contribution in [1.82, 2.24) is 20.4 Å². The van der Waals surface area contributed by atoms with E-state index >= 15 is 0 Å². The highest BCUT2D eigenvalue weighted by molar-refractivity contribution is 6.25. The minimum atomic E-state index is -0.987. The van der Waals surface area contributed by atoms with Crippen molar-refractivity contribution in [2.24, 2.45) is 0 Å². The van der Waals surface area contributed by atoms with Crippen molar-refractivity contribution in [3.63, 3.8) is 0 Å².